The Kier molecular flexibility index (Phi) is 4.50. The Morgan fingerprint density at radius 1 is 1.31 bits per heavy atom. The molecule has 1 unspecified atom stereocenters. The van der Waals surface area contributed by atoms with Gasteiger partial charge in [0.15, 0.2) is 0 Å². The van der Waals surface area contributed by atoms with E-state index in [1.54, 1.807) is 12.1 Å². The van der Waals surface area contributed by atoms with Crippen LogP contribution in [-0.2, 0) is 11.2 Å². The van der Waals surface area contributed by atoms with Crippen molar-refractivity contribution in [1.82, 2.24) is 0 Å². The normalized spacial score (nSPS) is 12.6. The highest BCUT2D eigenvalue weighted by molar-refractivity contribution is 5.89. The van der Waals surface area contributed by atoms with Crippen molar-refractivity contribution in [2.24, 2.45) is 11.7 Å². The second kappa shape index (κ2) is 5.66. The highest BCUT2D eigenvalue weighted by Crippen LogP contribution is 2.10. The van der Waals surface area contributed by atoms with E-state index in [0.29, 0.717) is 11.5 Å². The molecule has 0 bridgehead atoms. The van der Waals surface area contributed by atoms with Gasteiger partial charge in [0.2, 0.25) is 0 Å². The Bertz CT molecular complexity index is 343. The Balaban J connectivity index is 2.68. The predicted octanol–water partition coefficient (Wildman–Crippen LogP) is 2.00. The van der Waals surface area contributed by atoms with Gasteiger partial charge < -0.3 is 10.5 Å². The lowest BCUT2D eigenvalue weighted by atomic mass is 9.97. The Hall–Kier alpha value is -1.35. The van der Waals surface area contributed by atoms with E-state index in [-0.39, 0.29) is 12.0 Å². The van der Waals surface area contributed by atoms with Crippen LogP contribution in [0.1, 0.15) is 29.8 Å². The molecule has 0 saturated heterocycles. The lowest BCUT2D eigenvalue weighted by molar-refractivity contribution is 0.0600. The Morgan fingerprint density at radius 3 is 2.31 bits per heavy atom. The van der Waals surface area contributed by atoms with Crippen LogP contribution in [0.2, 0.25) is 0 Å². The molecule has 0 aliphatic carbocycles. The summed E-state index contributed by atoms with van der Waals surface area (Å²) in [4.78, 5) is 11.2. The van der Waals surface area contributed by atoms with Crippen LogP contribution in [0.25, 0.3) is 0 Å². The summed E-state index contributed by atoms with van der Waals surface area (Å²) in [5, 5.41) is 0. The molecule has 3 nitrogen and oxygen atoms in total. The Morgan fingerprint density at radius 2 is 1.88 bits per heavy atom. The van der Waals surface area contributed by atoms with Gasteiger partial charge in [0.25, 0.3) is 0 Å². The maximum atomic E-state index is 11.2. The molecule has 0 spiro atoms. The van der Waals surface area contributed by atoms with E-state index in [1.807, 2.05) is 12.1 Å². The largest absolute Gasteiger partial charge is 0.465 e. The van der Waals surface area contributed by atoms with Crippen molar-refractivity contribution in [3.63, 3.8) is 0 Å². The van der Waals surface area contributed by atoms with Gasteiger partial charge in [-0.2, -0.15) is 0 Å². The molecule has 2 N–H and O–H groups in total. The van der Waals surface area contributed by atoms with Gasteiger partial charge in [-0.05, 0) is 30.0 Å². The number of esters is 1. The van der Waals surface area contributed by atoms with Gasteiger partial charge in [-0.1, -0.05) is 26.0 Å². The van der Waals surface area contributed by atoms with E-state index in [4.69, 9.17) is 5.73 Å². The van der Waals surface area contributed by atoms with Gasteiger partial charge in [-0.15, -0.1) is 0 Å². The van der Waals surface area contributed by atoms with Gasteiger partial charge >= 0.3 is 5.97 Å². The van der Waals surface area contributed by atoms with Crippen LogP contribution in [-0.4, -0.2) is 19.1 Å². The number of carbonyl (C=O) groups excluding carboxylic acids is 1. The standard InChI is InChI=1S/C13H19NO2/c1-9(2)12(14)8-10-4-6-11(7-5-10)13(15)16-3/h4-7,9,12H,8,14H2,1-3H3. The quantitative estimate of drug-likeness (QED) is 0.791. The van der Waals surface area contributed by atoms with Gasteiger partial charge in [0, 0.05) is 6.04 Å². The summed E-state index contributed by atoms with van der Waals surface area (Å²) in [5.41, 5.74) is 7.70. The molecule has 0 aromatic heterocycles. The number of benzene rings is 1. The van der Waals surface area contributed by atoms with E-state index >= 15 is 0 Å². The number of nitrogens with two attached hydrogens (primary N) is 1. The third kappa shape index (κ3) is 3.35. The zero-order valence-electron chi connectivity index (χ0n) is 10.1. The van der Waals surface area contributed by atoms with Crippen LogP contribution in [0.4, 0.5) is 0 Å². The highest BCUT2D eigenvalue weighted by atomic mass is 16.5. The third-order valence-electron chi connectivity index (χ3n) is 2.70. The average Bonchev–Trinajstić information content (AvgIpc) is 2.28. The number of carbonyl (C=O) groups is 1. The first-order valence-electron chi connectivity index (χ1n) is 5.47. The van der Waals surface area contributed by atoms with Crippen LogP contribution in [0.5, 0.6) is 0 Å². The van der Waals surface area contributed by atoms with E-state index in [1.165, 1.54) is 7.11 Å². The first-order valence-corrected chi connectivity index (χ1v) is 5.47. The van der Waals surface area contributed by atoms with Gasteiger partial charge in [0.05, 0.1) is 12.7 Å². The first-order chi connectivity index (χ1) is 7.54. The van der Waals surface area contributed by atoms with Crippen molar-refractivity contribution in [3.8, 4) is 0 Å². The highest BCUT2D eigenvalue weighted by Gasteiger charge is 2.09. The SMILES string of the molecule is COC(=O)c1ccc(CC(N)C(C)C)cc1. The van der Waals surface area contributed by atoms with Crippen LogP contribution >= 0.6 is 0 Å². The monoisotopic (exact) mass is 221 g/mol. The molecular weight excluding hydrogens is 202 g/mol. The summed E-state index contributed by atoms with van der Waals surface area (Å²) in [6.45, 7) is 4.21. The number of hydrogen-bond acceptors (Lipinski definition) is 3. The van der Waals surface area contributed by atoms with Gasteiger partial charge in [-0.25, -0.2) is 4.79 Å². The van der Waals surface area contributed by atoms with Crippen molar-refractivity contribution in [2.75, 3.05) is 7.11 Å². The number of hydrogen-bond donors (Lipinski definition) is 1. The maximum absolute atomic E-state index is 11.2. The van der Waals surface area contributed by atoms with E-state index < -0.39 is 0 Å². The lowest BCUT2D eigenvalue weighted by Crippen LogP contribution is -2.28. The minimum atomic E-state index is -0.306. The fraction of sp³-hybridized carbons (Fsp3) is 0.462. The molecule has 0 fully saturated rings. The van der Waals surface area contributed by atoms with Gasteiger partial charge in [0.1, 0.15) is 0 Å². The molecule has 0 radical (unpaired) electrons. The maximum Gasteiger partial charge on any atom is 0.337 e. The molecule has 16 heavy (non-hydrogen) atoms. The van der Waals surface area contributed by atoms with Crippen LogP contribution < -0.4 is 5.73 Å². The van der Waals surface area contributed by atoms with Crippen LogP contribution in [0, 0.1) is 5.92 Å². The minimum absolute atomic E-state index is 0.156. The molecule has 88 valence electrons. The number of methoxy groups -OCH3 is 1. The summed E-state index contributed by atoms with van der Waals surface area (Å²) in [6, 6.07) is 7.55. The molecule has 0 saturated carbocycles. The molecule has 3 heteroatoms. The molecule has 1 rings (SSSR count). The topological polar surface area (TPSA) is 52.3 Å². The second-order valence-electron chi connectivity index (χ2n) is 4.30. The molecule has 1 aromatic rings. The molecule has 0 amide bonds. The Labute approximate surface area is 96.6 Å². The zero-order valence-corrected chi connectivity index (χ0v) is 10.1. The van der Waals surface area contributed by atoms with E-state index in [9.17, 15) is 4.79 Å². The molecule has 1 atom stereocenters. The molecule has 0 aliphatic heterocycles. The fourth-order valence-corrected chi connectivity index (χ4v) is 1.40. The van der Waals surface area contributed by atoms with Crippen molar-refractivity contribution in [2.45, 2.75) is 26.3 Å². The molecule has 0 heterocycles. The summed E-state index contributed by atoms with van der Waals surface area (Å²) in [5.74, 6) is 0.153. The minimum Gasteiger partial charge on any atom is -0.465 e. The molecular formula is C13H19NO2. The summed E-state index contributed by atoms with van der Waals surface area (Å²) in [7, 11) is 1.38. The smallest absolute Gasteiger partial charge is 0.337 e. The van der Waals surface area contributed by atoms with Crippen LogP contribution in [0.3, 0.4) is 0 Å². The predicted molar refractivity (Wildman–Crippen MR) is 64.3 cm³/mol. The fourth-order valence-electron chi connectivity index (χ4n) is 1.40. The number of ether oxygens (including phenoxy) is 1. The van der Waals surface area contributed by atoms with Gasteiger partial charge in [-0.3, -0.25) is 0 Å². The van der Waals surface area contributed by atoms with Crippen molar-refractivity contribution in [1.29, 1.82) is 0 Å². The summed E-state index contributed by atoms with van der Waals surface area (Å²) in [6.07, 6.45) is 0.832. The first kappa shape index (κ1) is 12.7. The van der Waals surface area contributed by atoms with Crippen molar-refractivity contribution >= 4 is 5.97 Å². The van der Waals surface area contributed by atoms with E-state index in [0.717, 1.165) is 12.0 Å². The van der Waals surface area contributed by atoms with Crippen LogP contribution in [0.15, 0.2) is 24.3 Å². The number of rotatable bonds is 4. The van der Waals surface area contributed by atoms with Crippen molar-refractivity contribution < 1.29 is 9.53 Å². The zero-order chi connectivity index (χ0) is 12.1. The molecule has 1 aromatic carbocycles. The molecule has 0 aliphatic rings. The average molecular weight is 221 g/mol. The second-order valence-corrected chi connectivity index (χ2v) is 4.30. The summed E-state index contributed by atoms with van der Waals surface area (Å²) < 4.78 is 4.63. The van der Waals surface area contributed by atoms with E-state index in [2.05, 4.69) is 18.6 Å². The summed E-state index contributed by atoms with van der Waals surface area (Å²) >= 11 is 0. The van der Waals surface area contributed by atoms with Crippen molar-refractivity contribution in [3.05, 3.63) is 35.4 Å². The third-order valence-corrected chi connectivity index (χ3v) is 2.70. The lowest BCUT2D eigenvalue weighted by Gasteiger charge is -2.15.